The number of nitrogens with one attached hydrogen (secondary N) is 2. The van der Waals surface area contributed by atoms with Gasteiger partial charge in [-0.3, -0.25) is 14.6 Å². The van der Waals surface area contributed by atoms with Crippen molar-refractivity contribution >= 4 is 11.8 Å². The average Bonchev–Trinajstić information content (AvgIpc) is 3.48. The Morgan fingerprint density at radius 3 is 2.80 bits per heavy atom. The van der Waals surface area contributed by atoms with Crippen molar-refractivity contribution in [3.8, 4) is 11.3 Å². The van der Waals surface area contributed by atoms with Crippen molar-refractivity contribution in [2.45, 2.75) is 25.3 Å². The number of nitrogens with zero attached hydrogens (tertiary/aromatic N) is 4. The van der Waals surface area contributed by atoms with Crippen molar-refractivity contribution in [3.05, 3.63) is 71.7 Å². The van der Waals surface area contributed by atoms with Crippen LogP contribution in [0.15, 0.2) is 48.8 Å². The molecule has 35 heavy (non-hydrogen) atoms. The molecule has 1 fully saturated rings. The van der Waals surface area contributed by atoms with Gasteiger partial charge >= 0.3 is 0 Å². The van der Waals surface area contributed by atoms with E-state index in [1.807, 2.05) is 6.07 Å². The third-order valence-corrected chi connectivity index (χ3v) is 5.92. The zero-order chi connectivity index (χ0) is 24.8. The fourth-order valence-corrected chi connectivity index (χ4v) is 4.11. The van der Waals surface area contributed by atoms with Crippen LogP contribution in [0.4, 0.5) is 8.78 Å². The summed E-state index contributed by atoms with van der Waals surface area (Å²) in [5.41, 5.74) is 10.0. The third-order valence-electron chi connectivity index (χ3n) is 5.92. The summed E-state index contributed by atoms with van der Waals surface area (Å²) in [7, 11) is 0. The number of aromatic nitrogens is 3. The lowest BCUT2D eigenvalue weighted by Gasteiger charge is -2.24. The normalized spacial score (nSPS) is 15.3. The van der Waals surface area contributed by atoms with Gasteiger partial charge in [0.1, 0.15) is 5.82 Å². The molecule has 1 saturated heterocycles. The summed E-state index contributed by atoms with van der Waals surface area (Å²) in [6.45, 7) is 1.35. The van der Waals surface area contributed by atoms with E-state index in [1.54, 1.807) is 23.1 Å². The minimum Gasteiger partial charge on any atom is -0.350 e. The maximum absolute atomic E-state index is 14.4. The molecular weight excluding hydrogens is 456 g/mol. The average molecular weight is 484 g/mol. The Morgan fingerprint density at radius 2 is 2.06 bits per heavy atom. The Labute approximate surface area is 201 Å². The van der Waals surface area contributed by atoms with Crippen molar-refractivity contribution in [1.29, 1.82) is 0 Å². The highest BCUT2D eigenvalue weighted by molar-refractivity contribution is 5.94. The maximum atomic E-state index is 14.4. The minimum atomic E-state index is -0.709. The van der Waals surface area contributed by atoms with E-state index < -0.39 is 5.95 Å². The SMILES string of the molecule is NCC(=O)N1CCC[C@@H]1CNC(=O)c1ccc(-c2cn(NCCc3cccc(F)c3)nc2F)nc1. The molecule has 0 spiro atoms. The highest BCUT2D eigenvalue weighted by Gasteiger charge is 2.28. The monoisotopic (exact) mass is 483 g/mol. The van der Waals surface area contributed by atoms with Gasteiger partial charge in [0, 0.05) is 31.9 Å². The number of pyridine rings is 1. The van der Waals surface area contributed by atoms with Crippen molar-refractivity contribution in [1.82, 2.24) is 25.1 Å². The van der Waals surface area contributed by atoms with E-state index in [1.165, 1.54) is 29.3 Å². The molecule has 1 aliphatic heterocycles. The van der Waals surface area contributed by atoms with Crippen LogP contribution in [0.5, 0.6) is 0 Å². The van der Waals surface area contributed by atoms with Crippen LogP contribution in [0.2, 0.25) is 0 Å². The topological polar surface area (TPSA) is 118 Å². The van der Waals surface area contributed by atoms with Crippen LogP contribution in [0.25, 0.3) is 11.3 Å². The smallest absolute Gasteiger partial charge is 0.252 e. The van der Waals surface area contributed by atoms with Crippen molar-refractivity contribution in [2.24, 2.45) is 5.73 Å². The van der Waals surface area contributed by atoms with E-state index in [4.69, 9.17) is 5.73 Å². The molecule has 1 aromatic carbocycles. The van der Waals surface area contributed by atoms with Crippen LogP contribution in [0.3, 0.4) is 0 Å². The fraction of sp³-hybridized carbons (Fsp3) is 0.333. The quantitative estimate of drug-likeness (QED) is 0.426. The summed E-state index contributed by atoms with van der Waals surface area (Å²) >= 11 is 0. The Balaban J connectivity index is 1.32. The summed E-state index contributed by atoms with van der Waals surface area (Å²) < 4.78 is 27.7. The van der Waals surface area contributed by atoms with E-state index >= 15 is 0 Å². The number of halogens is 2. The number of benzene rings is 1. The van der Waals surface area contributed by atoms with Gasteiger partial charge in [0.15, 0.2) is 0 Å². The highest BCUT2D eigenvalue weighted by Crippen LogP contribution is 2.20. The first-order valence-electron chi connectivity index (χ1n) is 11.4. The van der Waals surface area contributed by atoms with Crippen molar-refractivity contribution in [3.63, 3.8) is 0 Å². The molecule has 0 aliphatic carbocycles. The molecule has 1 aliphatic rings. The molecule has 0 unspecified atom stereocenters. The van der Waals surface area contributed by atoms with Crippen LogP contribution in [-0.2, 0) is 11.2 Å². The van der Waals surface area contributed by atoms with Gasteiger partial charge in [-0.15, -0.1) is 5.10 Å². The zero-order valence-corrected chi connectivity index (χ0v) is 19.1. The molecule has 3 aromatic rings. The van der Waals surface area contributed by atoms with E-state index in [0.717, 1.165) is 18.4 Å². The molecular formula is C24H27F2N7O2. The van der Waals surface area contributed by atoms with Gasteiger partial charge in [0.25, 0.3) is 5.91 Å². The van der Waals surface area contributed by atoms with Crippen LogP contribution in [0, 0.1) is 11.8 Å². The lowest BCUT2D eigenvalue weighted by atomic mass is 10.1. The Hall–Kier alpha value is -3.86. The molecule has 11 heteroatoms. The number of nitrogens with two attached hydrogens (primary N) is 1. The van der Waals surface area contributed by atoms with E-state index in [9.17, 15) is 18.4 Å². The molecule has 4 N–H and O–H groups in total. The molecule has 2 amide bonds. The first-order chi connectivity index (χ1) is 16.9. The van der Waals surface area contributed by atoms with Gasteiger partial charge in [-0.25, -0.2) is 4.39 Å². The standard InChI is InChI=1S/C24H27F2N7O2/c25-18-4-1-3-16(11-18)8-9-30-33-15-20(23(26)31-33)21-7-6-17(13-28-21)24(35)29-14-19-5-2-10-32(19)22(34)12-27/h1,3-4,6-7,11,13,15,19,30H,2,5,8-10,12,14,27H2,(H,29,35)/t19-/m1/s1. The summed E-state index contributed by atoms with van der Waals surface area (Å²) in [6.07, 6.45) is 5.06. The Morgan fingerprint density at radius 1 is 1.20 bits per heavy atom. The molecule has 9 nitrogen and oxygen atoms in total. The number of likely N-dealkylation sites (tertiary alicyclic amines) is 1. The van der Waals surface area contributed by atoms with Crippen LogP contribution in [-0.4, -0.2) is 63.8 Å². The summed E-state index contributed by atoms with van der Waals surface area (Å²) in [4.78, 5) is 31.6. The van der Waals surface area contributed by atoms with E-state index in [0.29, 0.717) is 37.3 Å². The number of rotatable bonds is 9. The predicted octanol–water partition coefficient (Wildman–Crippen LogP) is 1.69. The van der Waals surface area contributed by atoms with E-state index in [2.05, 4.69) is 20.8 Å². The van der Waals surface area contributed by atoms with Gasteiger partial charge in [-0.05, 0) is 49.1 Å². The van der Waals surface area contributed by atoms with Gasteiger partial charge < -0.3 is 21.4 Å². The molecule has 4 rings (SSSR count). The minimum absolute atomic E-state index is 0.0501. The first kappa shape index (κ1) is 24.3. The second-order valence-electron chi connectivity index (χ2n) is 8.30. The third kappa shape index (κ3) is 5.99. The highest BCUT2D eigenvalue weighted by atomic mass is 19.1. The molecule has 184 valence electrons. The molecule has 0 saturated carbocycles. The first-order valence-corrected chi connectivity index (χ1v) is 11.4. The van der Waals surface area contributed by atoms with Crippen molar-refractivity contribution in [2.75, 3.05) is 31.6 Å². The van der Waals surface area contributed by atoms with Gasteiger partial charge in [-0.1, -0.05) is 12.1 Å². The summed E-state index contributed by atoms with van der Waals surface area (Å²) in [5.74, 6) is -1.47. The second-order valence-corrected chi connectivity index (χ2v) is 8.30. The molecule has 1 atom stereocenters. The number of carbonyl (C=O) groups excluding carboxylic acids is 2. The number of amides is 2. The van der Waals surface area contributed by atoms with Crippen LogP contribution in [0.1, 0.15) is 28.8 Å². The maximum Gasteiger partial charge on any atom is 0.252 e. The molecule has 0 bridgehead atoms. The second kappa shape index (κ2) is 11.0. The largest absolute Gasteiger partial charge is 0.350 e. The van der Waals surface area contributed by atoms with Gasteiger partial charge in [0.2, 0.25) is 11.9 Å². The number of hydrogen-bond donors (Lipinski definition) is 3. The number of hydrogen-bond acceptors (Lipinski definition) is 6. The van der Waals surface area contributed by atoms with Crippen molar-refractivity contribution < 1.29 is 18.4 Å². The van der Waals surface area contributed by atoms with Crippen LogP contribution < -0.4 is 16.5 Å². The van der Waals surface area contributed by atoms with E-state index in [-0.39, 0.29) is 35.8 Å². The summed E-state index contributed by atoms with van der Waals surface area (Å²) in [5, 5.41) is 6.63. The summed E-state index contributed by atoms with van der Waals surface area (Å²) in [6, 6.07) is 9.30. The predicted molar refractivity (Wildman–Crippen MR) is 126 cm³/mol. The molecule has 0 radical (unpaired) electrons. The van der Waals surface area contributed by atoms with Gasteiger partial charge in [-0.2, -0.15) is 9.18 Å². The Kier molecular flexibility index (Phi) is 7.66. The lowest BCUT2D eigenvalue weighted by molar-refractivity contribution is -0.130. The molecule has 3 heterocycles. The Bertz CT molecular complexity index is 1180. The molecule has 2 aromatic heterocycles. The van der Waals surface area contributed by atoms with Crippen LogP contribution >= 0.6 is 0 Å². The lowest BCUT2D eigenvalue weighted by Crippen LogP contribution is -2.45. The number of carbonyl (C=O) groups is 2. The van der Waals surface area contributed by atoms with Gasteiger partial charge in [0.05, 0.1) is 29.6 Å². The fourth-order valence-electron chi connectivity index (χ4n) is 4.11. The zero-order valence-electron chi connectivity index (χ0n) is 19.1.